The predicted molar refractivity (Wildman–Crippen MR) is 111 cm³/mol. The van der Waals surface area contributed by atoms with Crippen LogP contribution in [0.15, 0.2) is 35.3 Å². The molecule has 0 aliphatic carbocycles. The fourth-order valence-electron chi connectivity index (χ4n) is 4.24. The van der Waals surface area contributed by atoms with Gasteiger partial charge in [0, 0.05) is 39.5 Å². The van der Waals surface area contributed by atoms with Gasteiger partial charge in [0.25, 0.3) is 11.8 Å². The van der Waals surface area contributed by atoms with Gasteiger partial charge in [0.05, 0.1) is 18.8 Å². The SMILES string of the molecule is COCCN1C(=O)c2c(O)c(=O)c(C(=O)NCc3ccc(F)cc3)cn2CC12CCOC2. The van der Waals surface area contributed by atoms with Crippen LogP contribution in [0.25, 0.3) is 0 Å². The minimum absolute atomic E-state index is 0.0720. The van der Waals surface area contributed by atoms with Crippen molar-refractivity contribution < 1.29 is 28.6 Å². The Balaban J connectivity index is 1.65. The highest BCUT2D eigenvalue weighted by molar-refractivity contribution is 5.99. The Labute approximate surface area is 183 Å². The fraction of sp³-hybridized carbons (Fsp3) is 0.409. The summed E-state index contributed by atoms with van der Waals surface area (Å²) in [5, 5.41) is 13.2. The number of nitrogens with zero attached hydrogens (tertiary/aromatic N) is 2. The van der Waals surface area contributed by atoms with Crippen molar-refractivity contribution in [2.45, 2.75) is 25.0 Å². The third-order valence-electron chi connectivity index (χ3n) is 5.95. The molecule has 9 nitrogen and oxygen atoms in total. The van der Waals surface area contributed by atoms with Crippen molar-refractivity contribution in [3.05, 3.63) is 63.3 Å². The normalized spacial score (nSPS) is 19.9. The first-order valence-corrected chi connectivity index (χ1v) is 10.2. The Hall–Kier alpha value is -3.24. The van der Waals surface area contributed by atoms with E-state index in [2.05, 4.69) is 5.32 Å². The Morgan fingerprint density at radius 1 is 1.31 bits per heavy atom. The van der Waals surface area contributed by atoms with Gasteiger partial charge in [0.2, 0.25) is 5.43 Å². The number of hydrogen-bond acceptors (Lipinski definition) is 6. The molecule has 0 saturated carbocycles. The number of nitrogens with one attached hydrogen (secondary N) is 1. The average molecular weight is 445 g/mol. The topological polar surface area (TPSA) is 110 Å². The van der Waals surface area contributed by atoms with Crippen LogP contribution in [-0.2, 0) is 22.6 Å². The zero-order valence-electron chi connectivity index (χ0n) is 17.6. The van der Waals surface area contributed by atoms with Crippen LogP contribution < -0.4 is 10.7 Å². The van der Waals surface area contributed by atoms with Crippen molar-refractivity contribution in [2.24, 2.45) is 0 Å². The maximum absolute atomic E-state index is 13.2. The molecule has 2 amide bonds. The van der Waals surface area contributed by atoms with Gasteiger partial charge in [-0.25, -0.2) is 4.39 Å². The molecule has 4 rings (SSSR count). The number of ether oxygens (including phenoxy) is 2. The van der Waals surface area contributed by atoms with Gasteiger partial charge in [-0.3, -0.25) is 14.4 Å². The summed E-state index contributed by atoms with van der Waals surface area (Å²) in [5.74, 6) is -2.37. The largest absolute Gasteiger partial charge is 0.503 e. The summed E-state index contributed by atoms with van der Waals surface area (Å²) in [6, 6.07) is 5.57. The molecule has 0 bridgehead atoms. The van der Waals surface area contributed by atoms with Crippen LogP contribution in [0.5, 0.6) is 5.75 Å². The number of halogens is 1. The van der Waals surface area contributed by atoms with Crippen molar-refractivity contribution in [3.63, 3.8) is 0 Å². The van der Waals surface area contributed by atoms with Crippen LogP contribution in [0, 0.1) is 5.82 Å². The molecule has 3 heterocycles. The van der Waals surface area contributed by atoms with Gasteiger partial charge < -0.3 is 29.4 Å². The number of benzene rings is 1. The number of pyridine rings is 1. The van der Waals surface area contributed by atoms with E-state index in [4.69, 9.17) is 9.47 Å². The van der Waals surface area contributed by atoms with Crippen molar-refractivity contribution in [1.82, 2.24) is 14.8 Å². The van der Waals surface area contributed by atoms with Crippen molar-refractivity contribution >= 4 is 11.8 Å². The number of fused-ring (bicyclic) bond motifs is 1. The van der Waals surface area contributed by atoms with Crippen molar-refractivity contribution in [2.75, 3.05) is 33.5 Å². The fourth-order valence-corrected chi connectivity index (χ4v) is 4.24. The van der Waals surface area contributed by atoms with Gasteiger partial charge in [0.1, 0.15) is 11.4 Å². The monoisotopic (exact) mass is 445 g/mol. The molecule has 32 heavy (non-hydrogen) atoms. The summed E-state index contributed by atoms with van der Waals surface area (Å²) in [4.78, 5) is 40.3. The first-order chi connectivity index (χ1) is 15.4. The zero-order chi connectivity index (χ0) is 22.9. The van der Waals surface area contributed by atoms with E-state index in [1.807, 2.05) is 0 Å². The minimum atomic E-state index is -0.925. The number of rotatable bonds is 6. The number of aromatic hydroxyl groups is 1. The first kappa shape index (κ1) is 22.0. The lowest BCUT2D eigenvalue weighted by molar-refractivity contribution is 0.0140. The number of carbonyl (C=O) groups excluding carboxylic acids is 2. The molecule has 1 fully saturated rings. The Morgan fingerprint density at radius 2 is 2.06 bits per heavy atom. The quantitative estimate of drug-likeness (QED) is 0.683. The molecule has 1 saturated heterocycles. The maximum Gasteiger partial charge on any atom is 0.275 e. The van der Waals surface area contributed by atoms with E-state index in [9.17, 15) is 23.9 Å². The lowest BCUT2D eigenvalue weighted by atomic mass is 9.92. The Kier molecular flexibility index (Phi) is 5.98. The van der Waals surface area contributed by atoms with E-state index < -0.39 is 34.3 Å². The number of amides is 2. The first-order valence-electron chi connectivity index (χ1n) is 10.2. The molecule has 1 aromatic heterocycles. The summed E-state index contributed by atoms with van der Waals surface area (Å²) in [5.41, 5.74) is -1.36. The van der Waals surface area contributed by atoms with Crippen LogP contribution >= 0.6 is 0 Å². The minimum Gasteiger partial charge on any atom is -0.503 e. The summed E-state index contributed by atoms with van der Waals surface area (Å²) >= 11 is 0. The highest BCUT2D eigenvalue weighted by Crippen LogP contribution is 2.35. The van der Waals surface area contributed by atoms with E-state index in [1.54, 1.807) is 4.90 Å². The number of carbonyl (C=O) groups is 2. The summed E-state index contributed by atoms with van der Waals surface area (Å²) in [7, 11) is 1.53. The van der Waals surface area contributed by atoms with Gasteiger partial charge in [-0.1, -0.05) is 12.1 Å². The predicted octanol–water partition coefficient (Wildman–Crippen LogP) is 0.884. The molecule has 1 spiro atoms. The van der Waals surface area contributed by atoms with Gasteiger partial charge in [-0.2, -0.15) is 0 Å². The molecule has 1 atom stereocenters. The number of aromatic nitrogens is 1. The van der Waals surface area contributed by atoms with E-state index in [0.29, 0.717) is 31.8 Å². The van der Waals surface area contributed by atoms with Crippen molar-refractivity contribution in [3.8, 4) is 5.75 Å². The van der Waals surface area contributed by atoms with Crippen LogP contribution in [0.2, 0.25) is 0 Å². The molecule has 0 radical (unpaired) electrons. The molecule has 2 N–H and O–H groups in total. The van der Waals surface area contributed by atoms with Gasteiger partial charge >= 0.3 is 0 Å². The highest BCUT2D eigenvalue weighted by atomic mass is 19.1. The van der Waals surface area contributed by atoms with Crippen LogP contribution in [0.1, 0.15) is 32.8 Å². The van der Waals surface area contributed by atoms with Crippen molar-refractivity contribution in [1.29, 1.82) is 0 Å². The molecule has 1 aromatic carbocycles. The molecule has 2 aromatic rings. The third kappa shape index (κ3) is 3.87. The van der Waals surface area contributed by atoms with E-state index in [1.165, 1.54) is 42.1 Å². The lowest BCUT2D eigenvalue weighted by Crippen LogP contribution is -2.60. The maximum atomic E-state index is 13.2. The molecule has 10 heteroatoms. The second-order valence-corrected chi connectivity index (χ2v) is 7.98. The zero-order valence-corrected chi connectivity index (χ0v) is 17.6. The average Bonchev–Trinajstić information content (AvgIpc) is 3.24. The summed E-state index contributed by atoms with van der Waals surface area (Å²) < 4.78 is 25.2. The Morgan fingerprint density at radius 3 is 2.72 bits per heavy atom. The molecule has 2 aliphatic rings. The Bertz CT molecular complexity index is 1090. The van der Waals surface area contributed by atoms with Gasteiger partial charge in [0.15, 0.2) is 11.4 Å². The standard InChI is InChI=1S/C22H24FN3O6/c1-31-9-7-26-21(30)17-19(28)18(27)16(11-25(17)12-22(26)6-8-32-13-22)20(29)24-10-14-2-4-15(23)5-3-14/h2-5,11,28H,6-10,12-13H2,1H3,(H,24,29). The van der Waals surface area contributed by atoms with Crippen LogP contribution in [-0.4, -0.2) is 65.4 Å². The smallest absolute Gasteiger partial charge is 0.275 e. The molecular weight excluding hydrogens is 421 g/mol. The lowest BCUT2D eigenvalue weighted by Gasteiger charge is -2.45. The molecule has 2 aliphatic heterocycles. The summed E-state index contributed by atoms with van der Waals surface area (Å²) in [6.07, 6.45) is 1.89. The van der Waals surface area contributed by atoms with Gasteiger partial charge in [-0.05, 0) is 24.1 Å². The van der Waals surface area contributed by atoms with Gasteiger partial charge in [-0.15, -0.1) is 0 Å². The highest BCUT2D eigenvalue weighted by Gasteiger charge is 2.48. The summed E-state index contributed by atoms with van der Waals surface area (Å²) in [6.45, 7) is 1.70. The third-order valence-corrected chi connectivity index (χ3v) is 5.95. The number of hydrogen-bond donors (Lipinski definition) is 2. The van der Waals surface area contributed by atoms with E-state index in [0.717, 1.165) is 0 Å². The second-order valence-electron chi connectivity index (χ2n) is 7.98. The van der Waals surface area contributed by atoms with E-state index in [-0.39, 0.29) is 30.9 Å². The number of methoxy groups -OCH3 is 1. The van der Waals surface area contributed by atoms with E-state index >= 15 is 0 Å². The molecule has 1 unspecified atom stereocenters. The van der Waals surface area contributed by atoms with Crippen LogP contribution in [0.4, 0.5) is 4.39 Å². The second kappa shape index (κ2) is 8.71. The van der Waals surface area contributed by atoms with Crippen LogP contribution in [0.3, 0.4) is 0 Å². The molecular formula is C22H24FN3O6. The molecule has 170 valence electrons.